The summed E-state index contributed by atoms with van der Waals surface area (Å²) in [5.41, 5.74) is 3.75. The number of alkyl halides is 3. The number of pyridine rings is 1. The molecule has 2 saturated heterocycles. The van der Waals surface area contributed by atoms with Crippen molar-refractivity contribution in [2.45, 2.75) is 39.0 Å². The average Bonchev–Trinajstić information content (AvgIpc) is 3.31. The van der Waals surface area contributed by atoms with Crippen LogP contribution < -0.4 is 10.2 Å². The molecule has 1 unspecified atom stereocenters. The number of likely N-dealkylation sites (tertiary alicyclic amines) is 1. The van der Waals surface area contributed by atoms with Gasteiger partial charge in [0.25, 0.3) is 0 Å². The molecule has 0 saturated carbocycles. The lowest BCUT2D eigenvalue weighted by Crippen LogP contribution is -2.36. The lowest BCUT2D eigenvalue weighted by atomic mass is 9.99. The fourth-order valence-electron chi connectivity index (χ4n) is 4.59. The predicted molar refractivity (Wildman–Crippen MR) is 135 cm³/mol. The Morgan fingerprint density at radius 3 is 2.70 bits per heavy atom. The third kappa shape index (κ3) is 7.37. The number of hydrogen-bond donors (Lipinski definition) is 2. The summed E-state index contributed by atoms with van der Waals surface area (Å²) in [6, 6.07) is 8.91. The summed E-state index contributed by atoms with van der Waals surface area (Å²) < 4.78 is 43.7. The molecule has 0 aliphatic carbocycles. The van der Waals surface area contributed by atoms with Crippen molar-refractivity contribution < 1.29 is 27.8 Å². The molecule has 37 heavy (non-hydrogen) atoms. The SMILES string of the molecule is Cc1ccc(NC(=O)N2CCC(CC(F)(F)F)C2)cc1-c1cc(C#C[C@@H](C)O)nc(N2CCOCC2)c1. The zero-order valence-corrected chi connectivity index (χ0v) is 20.9. The van der Waals surface area contributed by atoms with E-state index >= 15 is 0 Å². The maximum absolute atomic E-state index is 12.8. The second-order valence-corrected chi connectivity index (χ2v) is 9.52. The van der Waals surface area contributed by atoms with E-state index in [1.165, 1.54) is 4.90 Å². The molecule has 7 nitrogen and oxygen atoms in total. The molecule has 198 valence electrons. The summed E-state index contributed by atoms with van der Waals surface area (Å²) in [4.78, 5) is 21.0. The highest BCUT2D eigenvalue weighted by molar-refractivity contribution is 5.90. The van der Waals surface area contributed by atoms with Gasteiger partial charge in [0, 0.05) is 38.3 Å². The number of ether oxygens (including phenoxy) is 1. The van der Waals surface area contributed by atoms with Gasteiger partial charge in [-0.15, -0.1) is 0 Å². The molecular formula is C27H31F3N4O3. The van der Waals surface area contributed by atoms with Gasteiger partial charge in [-0.1, -0.05) is 12.0 Å². The highest BCUT2D eigenvalue weighted by Gasteiger charge is 2.36. The van der Waals surface area contributed by atoms with Crippen LogP contribution in [0.2, 0.25) is 0 Å². The van der Waals surface area contributed by atoms with Crippen LogP contribution in [-0.4, -0.2) is 72.7 Å². The Hall–Kier alpha value is -3.29. The number of anilines is 2. The molecule has 0 radical (unpaired) electrons. The Labute approximate surface area is 214 Å². The number of aromatic nitrogens is 1. The molecule has 4 rings (SSSR count). The van der Waals surface area contributed by atoms with Gasteiger partial charge < -0.3 is 25.0 Å². The van der Waals surface area contributed by atoms with E-state index in [0.717, 1.165) is 22.5 Å². The Kier molecular flexibility index (Phi) is 8.25. The number of hydrogen-bond acceptors (Lipinski definition) is 5. The molecule has 2 atom stereocenters. The molecule has 3 heterocycles. The number of halogens is 3. The van der Waals surface area contributed by atoms with Crippen LogP contribution in [0.25, 0.3) is 11.1 Å². The van der Waals surface area contributed by atoms with E-state index < -0.39 is 30.7 Å². The Morgan fingerprint density at radius 2 is 2.00 bits per heavy atom. The number of carbonyl (C=O) groups excluding carboxylic acids is 1. The van der Waals surface area contributed by atoms with Gasteiger partial charge in [-0.2, -0.15) is 13.2 Å². The molecule has 1 aromatic carbocycles. The summed E-state index contributed by atoms with van der Waals surface area (Å²) in [5, 5.41) is 12.5. The molecule has 10 heteroatoms. The minimum Gasteiger partial charge on any atom is -0.381 e. The van der Waals surface area contributed by atoms with E-state index in [4.69, 9.17) is 4.74 Å². The molecule has 2 fully saturated rings. The lowest BCUT2D eigenvalue weighted by molar-refractivity contribution is -0.143. The van der Waals surface area contributed by atoms with Crippen molar-refractivity contribution in [1.82, 2.24) is 9.88 Å². The summed E-state index contributed by atoms with van der Waals surface area (Å²) >= 11 is 0. The van der Waals surface area contributed by atoms with Crippen LogP contribution in [0.5, 0.6) is 0 Å². The van der Waals surface area contributed by atoms with Crippen LogP contribution in [0.1, 0.15) is 31.0 Å². The zero-order valence-electron chi connectivity index (χ0n) is 20.9. The highest BCUT2D eigenvalue weighted by atomic mass is 19.4. The lowest BCUT2D eigenvalue weighted by Gasteiger charge is -2.28. The third-order valence-electron chi connectivity index (χ3n) is 6.45. The molecule has 2 amide bonds. The van der Waals surface area contributed by atoms with Crippen LogP contribution in [0.3, 0.4) is 0 Å². The minimum absolute atomic E-state index is 0.0859. The van der Waals surface area contributed by atoms with E-state index in [1.807, 2.05) is 31.2 Å². The standard InChI is InChI=1S/C27H31F3N4O3/c1-18-3-5-23(32-26(36)34-8-7-20(17-34)16-27(28,29)30)15-24(18)21-13-22(6-4-19(2)35)31-25(14-21)33-9-11-37-12-10-33/h3,5,13-15,19-20,35H,7-12,16-17H2,1-2H3,(H,32,36)/t19-,20?/m1/s1. The molecule has 2 aliphatic rings. The number of carbonyl (C=O) groups is 1. The second kappa shape index (κ2) is 11.4. The van der Waals surface area contributed by atoms with Crippen molar-refractivity contribution in [2.75, 3.05) is 49.6 Å². The maximum atomic E-state index is 12.8. The van der Waals surface area contributed by atoms with Gasteiger partial charge in [0.15, 0.2) is 0 Å². The molecule has 2 N–H and O–H groups in total. The number of amides is 2. The van der Waals surface area contributed by atoms with Gasteiger partial charge in [-0.25, -0.2) is 9.78 Å². The zero-order chi connectivity index (χ0) is 26.6. The number of urea groups is 1. The predicted octanol–water partition coefficient (Wildman–Crippen LogP) is 4.43. The summed E-state index contributed by atoms with van der Waals surface area (Å²) in [7, 11) is 0. The van der Waals surface area contributed by atoms with E-state index in [2.05, 4.69) is 27.0 Å². The van der Waals surface area contributed by atoms with E-state index in [9.17, 15) is 23.1 Å². The number of benzene rings is 1. The van der Waals surface area contributed by atoms with Crippen molar-refractivity contribution in [1.29, 1.82) is 0 Å². The number of aliphatic hydroxyl groups excluding tert-OH is 1. The Balaban J connectivity index is 1.57. The van der Waals surface area contributed by atoms with Gasteiger partial charge in [0.2, 0.25) is 0 Å². The Bertz CT molecular complexity index is 1180. The van der Waals surface area contributed by atoms with Gasteiger partial charge in [0.05, 0.1) is 13.2 Å². The first kappa shape index (κ1) is 26.8. The smallest absolute Gasteiger partial charge is 0.381 e. The number of nitrogens with one attached hydrogen (secondary N) is 1. The molecule has 0 spiro atoms. The monoisotopic (exact) mass is 516 g/mol. The van der Waals surface area contributed by atoms with Crippen LogP contribution in [-0.2, 0) is 4.74 Å². The first-order valence-electron chi connectivity index (χ1n) is 12.4. The topological polar surface area (TPSA) is 77.9 Å². The number of morpholine rings is 1. The van der Waals surface area contributed by atoms with Crippen LogP contribution in [0.4, 0.5) is 29.5 Å². The van der Waals surface area contributed by atoms with Crippen LogP contribution in [0.15, 0.2) is 30.3 Å². The van der Waals surface area contributed by atoms with Crippen molar-refractivity contribution in [3.05, 3.63) is 41.6 Å². The number of aryl methyl sites for hydroxylation is 1. The number of rotatable bonds is 4. The van der Waals surface area contributed by atoms with Gasteiger partial charge >= 0.3 is 12.2 Å². The highest BCUT2D eigenvalue weighted by Crippen LogP contribution is 2.32. The molecular weight excluding hydrogens is 485 g/mol. The van der Waals surface area contributed by atoms with E-state index in [-0.39, 0.29) is 6.54 Å². The van der Waals surface area contributed by atoms with Crippen molar-refractivity contribution in [3.63, 3.8) is 0 Å². The maximum Gasteiger partial charge on any atom is 0.389 e. The van der Waals surface area contributed by atoms with Crippen molar-refractivity contribution >= 4 is 17.5 Å². The van der Waals surface area contributed by atoms with Gasteiger partial charge in [-0.05, 0) is 73.1 Å². The summed E-state index contributed by atoms with van der Waals surface area (Å²) in [6.45, 7) is 6.51. The van der Waals surface area contributed by atoms with Crippen molar-refractivity contribution in [2.24, 2.45) is 5.92 Å². The summed E-state index contributed by atoms with van der Waals surface area (Å²) in [6.07, 6.45) is -5.56. The minimum atomic E-state index is -4.23. The number of nitrogens with zero attached hydrogens (tertiary/aromatic N) is 3. The largest absolute Gasteiger partial charge is 0.389 e. The molecule has 0 bridgehead atoms. The van der Waals surface area contributed by atoms with E-state index in [1.54, 1.807) is 13.0 Å². The van der Waals surface area contributed by atoms with Gasteiger partial charge in [0.1, 0.15) is 17.6 Å². The van der Waals surface area contributed by atoms with Crippen molar-refractivity contribution in [3.8, 4) is 23.0 Å². The first-order chi connectivity index (χ1) is 17.6. The fraction of sp³-hybridized carbons (Fsp3) is 0.481. The second-order valence-electron chi connectivity index (χ2n) is 9.52. The molecule has 2 aliphatic heterocycles. The number of aliphatic hydroxyl groups is 1. The summed E-state index contributed by atoms with van der Waals surface area (Å²) in [5.74, 6) is 5.84. The average molecular weight is 517 g/mol. The fourth-order valence-corrected chi connectivity index (χ4v) is 4.59. The molecule has 1 aromatic heterocycles. The van der Waals surface area contributed by atoms with Crippen LogP contribution in [0, 0.1) is 24.7 Å². The third-order valence-corrected chi connectivity index (χ3v) is 6.45. The van der Waals surface area contributed by atoms with Crippen LogP contribution >= 0.6 is 0 Å². The quantitative estimate of drug-likeness (QED) is 0.588. The van der Waals surface area contributed by atoms with E-state index in [0.29, 0.717) is 50.7 Å². The van der Waals surface area contributed by atoms with Gasteiger partial charge in [-0.3, -0.25) is 0 Å². The molecule has 2 aromatic rings. The Morgan fingerprint density at radius 1 is 1.24 bits per heavy atom. The first-order valence-corrected chi connectivity index (χ1v) is 12.4. The normalized spacial score (nSPS) is 18.8.